The summed E-state index contributed by atoms with van der Waals surface area (Å²) in [5.41, 5.74) is 6.47. The van der Waals surface area contributed by atoms with E-state index in [1.807, 2.05) is 0 Å². The average molecular weight is 787 g/mol. The fourth-order valence-corrected chi connectivity index (χ4v) is 4.72. The summed E-state index contributed by atoms with van der Waals surface area (Å²) in [6.07, 6.45) is -1.30. The minimum absolute atomic E-state index is 0.0757. The molecule has 56 heavy (non-hydrogen) atoms. The van der Waals surface area contributed by atoms with Crippen molar-refractivity contribution in [3.8, 4) is 0 Å². The molecule has 0 spiro atoms. The number of hydrogen-bond acceptors (Lipinski definition) is 12. The smallest absolute Gasteiger partial charge is 0.332 e. The van der Waals surface area contributed by atoms with Crippen LogP contribution in [0.5, 0.6) is 0 Å². The molecule has 0 bridgehead atoms. The Labute approximate surface area is 326 Å². The van der Waals surface area contributed by atoms with Crippen molar-refractivity contribution in [1.29, 1.82) is 5.41 Å². The third kappa shape index (κ3) is 21.5. The van der Waals surface area contributed by atoms with Crippen LogP contribution in [-0.4, -0.2) is 124 Å². The lowest BCUT2D eigenvalue weighted by atomic mass is 10.0. The SMILES string of the molecule is CC(C)(C)OC(=O)COCCOCCOCCOCCNC(=O)[C@H](Cc1ccccc1)NC(=O)[C@H](CC(=O)O)NC(=O)CCC(=O)Nc1ccc(C(=N)N)cc1. The second kappa shape index (κ2) is 25.6. The number of carbonyl (C=O) groups is 6. The first kappa shape index (κ1) is 46.7. The zero-order chi connectivity index (χ0) is 41.3. The number of aliphatic carboxylic acids is 1. The van der Waals surface area contributed by atoms with Crippen LogP contribution in [0.25, 0.3) is 0 Å². The number of carboxylic acid groups (broad SMARTS) is 1. The van der Waals surface area contributed by atoms with Gasteiger partial charge in [-0.05, 0) is 50.6 Å². The molecule has 2 rings (SSSR count). The predicted molar refractivity (Wildman–Crippen MR) is 204 cm³/mol. The Morgan fingerprint density at radius 2 is 1.30 bits per heavy atom. The van der Waals surface area contributed by atoms with Gasteiger partial charge in [-0.1, -0.05) is 30.3 Å². The van der Waals surface area contributed by atoms with Crippen molar-refractivity contribution >= 4 is 47.1 Å². The molecule has 0 unspecified atom stereocenters. The monoisotopic (exact) mass is 786 g/mol. The van der Waals surface area contributed by atoms with E-state index < -0.39 is 59.7 Å². The molecule has 0 aliphatic carbocycles. The highest BCUT2D eigenvalue weighted by molar-refractivity contribution is 5.98. The van der Waals surface area contributed by atoms with Crippen LogP contribution in [0.4, 0.5) is 5.69 Å². The molecule has 0 aliphatic heterocycles. The fourth-order valence-electron chi connectivity index (χ4n) is 4.72. The van der Waals surface area contributed by atoms with Gasteiger partial charge in [-0.15, -0.1) is 0 Å². The van der Waals surface area contributed by atoms with E-state index in [1.54, 1.807) is 75.4 Å². The molecule has 0 radical (unpaired) electrons. The summed E-state index contributed by atoms with van der Waals surface area (Å²) < 4.78 is 26.7. The molecule has 0 saturated carbocycles. The molecule has 0 saturated heterocycles. The molecule has 2 atom stereocenters. The highest BCUT2D eigenvalue weighted by Gasteiger charge is 2.29. The van der Waals surface area contributed by atoms with Crippen molar-refractivity contribution in [1.82, 2.24) is 16.0 Å². The highest BCUT2D eigenvalue weighted by Crippen LogP contribution is 2.11. The van der Waals surface area contributed by atoms with Gasteiger partial charge in [-0.25, -0.2) is 4.79 Å². The van der Waals surface area contributed by atoms with E-state index in [0.29, 0.717) is 24.5 Å². The Bertz CT molecular complexity index is 1570. The van der Waals surface area contributed by atoms with Gasteiger partial charge in [0.15, 0.2) is 0 Å². The first-order valence-corrected chi connectivity index (χ1v) is 18.0. The highest BCUT2D eigenvalue weighted by atomic mass is 16.6. The Hall–Kier alpha value is -5.43. The lowest BCUT2D eigenvalue weighted by Crippen LogP contribution is -2.55. The van der Waals surface area contributed by atoms with Crippen molar-refractivity contribution in [3.05, 3.63) is 65.7 Å². The number of amides is 4. The zero-order valence-corrected chi connectivity index (χ0v) is 32.1. The first-order valence-electron chi connectivity index (χ1n) is 18.0. The van der Waals surface area contributed by atoms with Crippen LogP contribution in [-0.2, 0) is 58.9 Å². The fraction of sp³-hybridized carbons (Fsp3) is 0.500. The van der Waals surface area contributed by atoms with Crippen LogP contribution in [0.2, 0.25) is 0 Å². The predicted octanol–water partition coefficient (Wildman–Crippen LogP) is 0.901. The molecule has 2 aromatic carbocycles. The second-order valence-corrected chi connectivity index (χ2v) is 13.3. The van der Waals surface area contributed by atoms with Crippen LogP contribution in [0, 0.1) is 5.41 Å². The summed E-state index contributed by atoms with van der Waals surface area (Å²) in [6.45, 7) is 7.07. The van der Waals surface area contributed by atoms with Crippen LogP contribution < -0.4 is 27.0 Å². The number of carboxylic acids is 1. The van der Waals surface area contributed by atoms with Gasteiger partial charge in [0.05, 0.1) is 52.7 Å². The van der Waals surface area contributed by atoms with Crippen LogP contribution in [0.15, 0.2) is 54.6 Å². The zero-order valence-electron chi connectivity index (χ0n) is 32.1. The second-order valence-electron chi connectivity index (χ2n) is 13.3. The molecular weight excluding hydrogens is 732 g/mol. The molecule has 0 aromatic heterocycles. The standard InChI is InChI=1S/C38H54N6O12/c1-38(2,3)56-34(49)25-55-22-21-54-20-19-53-18-17-52-16-15-41-36(50)29(23-26-7-5-4-6-8-26)44-37(51)30(24-33(47)48)43-32(46)14-13-31(45)42-28-11-9-27(10-12-28)35(39)40/h4-12,29-30H,13-25H2,1-3H3,(H3,39,40)(H,41,50)(H,42,45)(H,43,46)(H,44,51)(H,47,48)/t29-,30-/m0/s1. The van der Waals surface area contributed by atoms with Gasteiger partial charge in [0.1, 0.15) is 30.1 Å². The Balaban J connectivity index is 1.76. The first-order chi connectivity index (χ1) is 26.6. The molecule has 18 heteroatoms. The Kier molecular flexibility index (Phi) is 21.4. The van der Waals surface area contributed by atoms with E-state index in [9.17, 15) is 33.9 Å². The number of benzene rings is 2. The van der Waals surface area contributed by atoms with Crippen molar-refractivity contribution in [3.63, 3.8) is 0 Å². The van der Waals surface area contributed by atoms with Crippen molar-refractivity contribution < 1.29 is 57.6 Å². The number of nitrogens with one attached hydrogen (secondary N) is 5. The van der Waals surface area contributed by atoms with E-state index in [0.717, 1.165) is 5.56 Å². The number of nitrogen functional groups attached to an aromatic ring is 1. The summed E-state index contributed by atoms with van der Waals surface area (Å²) in [4.78, 5) is 74.8. The average Bonchev–Trinajstić information content (AvgIpc) is 3.13. The molecule has 2 aromatic rings. The third-order valence-electron chi connectivity index (χ3n) is 7.31. The molecule has 4 amide bonds. The summed E-state index contributed by atoms with van der Waals surface area (Å²) in [7, 11) is 0. The van der Waals surface area contributed by atoms with E-state index in [2.05, 4.69) is 21.3 Å². The third-order valence-corrected chi connectivity index (χ3v) is 7.31. The van der Waals surface area contributed by atoms with E-state index in [4.69, 9.17) is 34.8 Å². The van der Waals surface area contributed by atoms with Gasteiger partial charge < -0.3 is 55.8 Å². The molecule has 18 nitrogen and oxygen atoms in total. The number of nitrogens with two attached hydrogens (primary N) is 1. The Morgan fingerprint density at radius 3 is 1.88 bits per heavy atom. The Morgan fingerprint density at radius 1 is 0.732 bits per heavy atom. The molecular formula is C38H54N6O12. The quantitative estimate of drug-likeness (QED) is 0.0288. The molecule has 8 N–H and O–H groups in total. The van der Waals surface area contributed by atoms with Crippen LogP contribution in [0.1, 0.15) is 51.2 Å². The summed E-state index contributed by atoms with van der Waals surface area (Å²) >= 11 is 0. The van der Waals surface area contributed by atoms with Gasteiger partial charge in [-0.2, -0.15) is 0 Å². The van der Waals surface area contributed by atoms with Crippen LogP contribution >= 0.6 is 0 Å². The van der Waals surface area contributed by atoms with Crippen molar-refractivity contribution in [2.45, 2.75) is 64.1 Å². The van der Waals surface area contributed by atoms with Gasteiger partial charge in [0, 0.05) is 37.1 Å². The van der Waals surface area contributed by atoms with Crippen molar-refractivity contribution in [2.24, 2.45) is 5.73 Å². The molecule has 308 valence electrons. The maximum atomic E-state index is 13.3. The van der Waals surface area contributed by atoms with Gasteiger partial charge in [-0.3, -0.25) is 29.4 Å². The number of anilines is 1. The lowest BCUT2D eigenvalue weighted by molar-refractivity contribution is -0.160. The molecule has 0 fully saturated rings. The lowest BCUT2D eigenvalue weighted by Gasteiger charge is -2.23. The maximum absolute atomic E-state index is 13.3. The topological polar surface area (TPSA) is 267 Å². The van der Waals surface area contributed by atoms with E-state index >= 15 is 0 Å². The summed E-state index contributed by atoms with van der Waals surface area (Å²) in [5, 5.41) is 27.1. The molecule has 0 heterocycles. The van der Waals surface area contributed by atoms with Gasteiger partial charge in [0.25, 0.3) is 0 Å². The largest absolute Gasteiger partial charge is 0.481 e. The number of amidine groups is 1. The van der Waals surface area contributed by atoms with Crippen molar-refractivity contribution in [2.75, 3.05) is 64.7 Å². The minimum atomic E-state index is -1.53. The van der Waals surface area contributed by atoms with Gasteiger partial charge >= 0.3 is 11.9 Å². The number of rotatable bonds is 27. The normalized spacial score (nSPS) is 12.1. The summed E-state index contributed by atoms with van der Waals surface area (Å²) in [6, 6.07) is 12.4. The van der Waals surface area contributed by atoms with E-state index in [1.165, 1.54) is 0 Å². The maximum Gasteiger partial charge on any atom is 0.332 e. The number of ether oxygens (including phenoxy) is 5. The van der Waals surface area contributed by atoms with E-state index in [-0.39, 0.29) is 71.3 Å². The molecule has 0 aliphatic rings. The number of carbonyl (C=O) groups excluding carboxylic acids is 5. The van der Waals surface area contributed by atoms with Crippen LogP contribution in [0.3, 0.4) is 0 Å². The minimum Gasteiger partial charge on any atom is -0.481 e. The summed E-state index contributed by atoms with van der Waals surface area (Å²) in [5.74, 6) is -4.64. The number of hydrogen-bond donors (Lipinski definition) is 7. The van der Waals surface area contributed by atoms with Gasteiger partial charge in [0.2, 0.25) is 23.6 Å². The number of esters is 1.